The summed E-state index contributed by atoms with van der Waals surface area (Å²) in [7, 11) is 0. The Hall–Kier alpha value is -3.00. The van der Waals surface area contributed by atoms with E-state index >= 15 is 0 Å². The van der Waals surface area contributed by atoms with Crippen LogP contribution in [0.25, 0.3) is 0 Å². The Balaban J connectivity index is 1.95. The Labute approximate surface area is 157 Å². The Morgan fingerprint density at radius 3 is 2.00 bits per heavy atom. The van der Waals surface area contributed by atoms with Crippen molar-refractivity contribution < 1.29 is 14.4 Å². The van der Waals surface area contributed by atoms with Crippen LogP contribution in [0.2, 0.25) is 0 Å². The smallest absolute Gasteiger partial charge is 0.275 e. The average Bonchev–Trinajstić information content (AvgIpc) is 2.95. The van der Waals surface area contributed by atoms with Crippen LogP contribution in [0.3, 0.4) is 0 Å². The second-order valence-corrected chi connectivity index (χ2v) is 6.73. The molecule has 26 heavy (non-hydrogen) atoms. The number of nitrogens with zero attached hydrogens (tertiary/aromatic N) is 2. The lowest BCUT2D eigenvalue weighted by Gasteiger charge is -2.40. The fourth-order valence-electron chi connectivity index (χ4n) is 3.37. The van der Waals surface area contributed by atoms with Crippen molar-refractivity contribution in [2.75, 3.05) is 5.01 Å². The van der Waals surface area contributed by atoms with E-state index < -0.39 is 29.3 Å². The predicted octanol–water partition coefficient (Wildman–Crippen LogP) is 2.10. The van der Waals surface area contributed by atoms with Crippen molar-refractivity contribution in [2.24, 2.45) is 5.10 Å². The first-order valence-electron chi connectivity index (χ1n) is 7.86. The van der Waals surface area contributed by atoms with Crippen molar-refractivity contribution in [1.82, 2.24) is 10.6 Å². The van der Waals surface area contributed by atoms with E-state index in [1.54, 1.807) is 24.3 Å². The molecule has 2 aromatic rings. The van der Waals surface area contributed by atoms with E-state index in [4.69, 9.17) is 0 Å². The first-order valence-corrected chi connectivity index (χ1v) is 8.65. The van der Waals surface area contributed by atoms with Gasteiger partial charge in [-0.1, -0.05) is 48.5 Å². The normalized spacial score (nSPS) is 21.4. The molecule has 0 aromatic heterocycles. The first-order chi connectivity index (χ1) is 12.5. The van der Waals surface area contributed by atoms with Crippen LogP contribution in [-0.4, -0.2) is 28.0 Å². The molecule has 1 atom stereocenters. The van der Waals surface area contributed by atoms with Gasteiger partial charge in [-0.2, -0.15) is 5.10 Å². The number of nitrogens with one attached hydrogen (secondary N) is 2. The van der Waals surface area contributed by atoms with Gasteiger partial charge in [0.1, 0.15) is 4.62 Å². The van der Waals surface area contributed by atoms with Gasteiger partial charge in [-0.3, -0.25) is 20.2 Å². The summed E-state index contributed by atoms with van der Waals surface area (Å²) >= 11 is 3.42. The summed E-state index contributed by atoms with van der Waals surface area (Å²) in [6.07, 6.45) is 0. The van der Waals surface area contributed by atoms with Gasteiger partial charge in [-0.15, -0.1) is 0 Å². The number of barbiturate groups is 1. The van der Waals surface area contributed by atoms with E-state index in [2.05, 4.69) is 31.7 Å². The molecule has 1 spiro atoms. The van der Waals surface area contributed by atoms with Gasteiger partial charge in [0, 0.05) is 0 Å². The standard InChI is InChI=1S/C18H13BrN4O3/c19-14-13(11-7-3-1-4-8-11)18(15(24)20-17(26)21-16(18)25)23(22-14)12-9-5-2-6-10-12/h1-10,13H,(H2,20,21,24,25,26)/t13-/m0/s1. The van der Waals surface area contributed by atoms with E-state index in [0.29, 0.717) is 10.3 Å². The topological polar surface area (TPSA) is 90.9 Å². The molecule has 2 aliphatic heterocycles. The second-order valence-electron chi connectivity index (χ2n) is 5.92. The molecule has 2 aliphatic rings. The molecule has 8 heteroatoms. The van der Waals surface area contributed by atoms with Crippen LogP contribution in [0, 0.1) is 0 Å². The first kappa shape index (κ1) is 16.5. The third-order valence-electron chi connectivity index (χ3n) is 4.47. The number of carbonyl (C=O) groups excluding carboxylic acids is 3. The zero-order valence-electron chi connectivity index (χ0n) is 13.3. The predicted molar refractivity (Wildman–Crippen MR) is 98.9 cm³/mol. The monoisotopic (exact) mass is 412 g/mol. The van der Waals surface area contributed by atoms with E-state index in [-0.39, 0.29) is 0 Å². The molecule has 1 saturated heterocycles. The van der Waals surface area contributed by atoms with Crippen LogP contribution in [-0.2, 0) is 9.59 Å². The number of benzene rings is 2. The minimum atomic E-state index is -1.75. The summed E-state index contributed by atoms with van der Waals surface area (Å²) in [5.41, 5.74) is -0.473. The number of hydrazone groups is 1. The number of hydrogen-bond acceptors (Lipinski definition) is 5. The van der Waals surface area contributed by atoms with Gasteiger partial charge in [0.2, 0.25) is 5.54 Å². The molecule has 1 fully saturated rings. The van der Waals surface area contributed by atoms with Gasteiger partial charge in [0.15, 0.2) is 0 Å². The number of halogens is 1. The highest BCUT2D eigenvalue weighted by Crippen LogP contribution is 2.45. The molecule has 2 heterocycles. The summed E-state index contributed by atoms with van der Waals surface area (Å²) in [5.74, 6) is -2.15. The number of carbonyl (C=O) groups is 3. The molecule has 2 N–H and O–H groups in total. The molecular formula is C18H13BrN4O3. The summed E-state index contributed by atoms with van der Waals surface area (Å²) < 4.78 is 0.423. The fraction of sp³-hybridized carbons (Fsp3) is 0.111. The van der Waals surface area contributed by atoms with Crippen LogP contribution in [0.1, 0.15) is 11.5 Å². The van der Waals surface area contributed by atoms with Gasteiger partial charge >= 0.3 is 6.03 Å². The van der Waals surface area contributed by atoms with Gasteiger partial charge in [-0.05, 0) is 33.6 Å². The van der Waals surface area contributed by atoms with Crippen molar-refractivity contribution in [2.45, 2.75) is 11.5 Å². The maximum absolute atomic E-state index is 13.0. The van der Waals surface area contributed by atoms with Crippen molar-refractivity contribution >= 4 is 44.1 Å². The van der Waals surface area contributed by atoms with Gasteiger partial charge < -0.3 is 0 Å². The molecule has 0 radical (unpaired) electrons. The number of amides is 4. The van der Waals surface area contributed by atoms with Crippen LogP contribution >= 0.6 is 15.9 Å². The van der Waals surface area contributed by atoms with Crippen LogP contribution in [0.4, 0.5) is 10.5 Å². The Morgan fingerprint density at radius 2 is 1.42 bits per heavy atom. The molecule has 0 aliphatic carbocycles. The third kappa shape index (κ3) is 2.26. The summed E-state index contributed by atoms with van der Waals surface area (Å²) in [4.78, 5) is 37.7. The number of urea groups is 1. The van der Waals surface area contributed by atoms with Gasteiger partial charge in [-0.25, -0.2) is 9.80 Å². The number of hydrogen-bond donors (Lipinski definition) is 2. The van der Waals surface area contributed by atoms with Gasteiger partial charge in [0.25, 0.3) is 11.8 Å². The molecule has 4 rings (SSSR count). The minimum absolute atomic E-state index is 0.423. The number of rotatable bonds is 2. The van der Waals surface area contributed by atoms with Crippen LogP contribution in [0.5, 0.6) is 0 Å². The van der Waals surface area contributed by atoms with Crippen LogP contribution in [0.15, 0.2) is 65.8 Å². The molecule has 130 valence electrons. The zero-order valence-corrected chi connectivity index (χ0v) is 14.9. The molecule has 7 nitrogen and oxygen atoms in total. The second kappa shape index (κ2) is 6.06. The van der Waals surface area contributed by atoms with E-state index in [0.717, 1.165) is 5.56 Å². The molecule has 2 aromatic carbocycles. The maximum atomic E-state index is 13.0. The molecule has 0 saturated carbocycles. The largest absolute Gasteiger partial charge is 0.328 e. The number of anilines is 1. The highest BCUT2D eigenvalue weighted by Gasteiger charge is 2.65. The Bertz CT molecular complexity index is 910. The zero-order chi connectivity index (χ0) is 18.3. The Kier molecular flexibility index (Phi) is 3.84. The molecule has 4 amide bonds. The number of para-hydroxylation sites is 1. The lowest BCUT2D eigenvalue weighted by molar-refractivity contribution is -0.138. The lowest BCUT2D eigenvalue weighted by Crippen LogP contribution is -2.73. The van der Waals surface area contributed by atoms with Crippen LogP contribution < -0.4 is 15.6 Å². The Morgan fingerprint density at radius 1 is 0.885 bits per heavy atom. The van der Waals surface area contributed by atoms with Gasteiger partial charge in [0.05, 0.1) is 11.6 Å². The summed E-state index contributed by atoms with van der Waals surface area (Å²) in [6.45, 7) is 0. The minimum Gasteiger partial charge on any atom is -0.275 e. The van der Waals surface area contributed by atoms with E-state index in [1.807, 2.05) is 36.4 Å². The quantitative estimate of drug-likeness (QED) is 0.738. The number of imide groups is 2. The fourth-order valence-corrected chi connectivity index (χ4v) is 4.12. The third-order valence-corrected chi connectivity index (χ3v) is 5.08. The summed E-state index contributed by atoms with van der Waals surface area (Å²) in [5, 5.41) is 10.3. The highest BCUT2D eigenvalue weighted by molar-refractivity contribution is 9.18. The van der Waals surface area contributed by atoms with Crippen molar-refractivity contribution in [3.8, 4) is 0 Å². The molecular weight excluding hydrogens is 400 g/mol. The van der Waals surface area contributed by atoms with Crippen molar-refractivity contribution in [1.29, 1.82) is 0 Å². The molecule has 0 bridgehead atoms. The molecule has 0 unspecified atom stereocenters. The SMILES string of the molecule is O=C1NC(=O)C2(C(=O)N1)[C@@H](c1ccccc1)C(Br)=NN2c1ccccc1. The lowest BCUT2D eigenvalue weighted by atomic mass is 9.77. The van der Waals surface area contributed by atoms with Crippen molar-refractivity contribution in [3.05, 3.63) is 66.2 Å². The summed E-state index contributed by atoms with van der Waals surface area (Å²) in [6, 6.07) is 17.2. The van der Waals surface area contributed by atoms with E-state index in [9.17, 15) is 14.4 Å². The maximum Gasteiger partial charge on any atom is 0.328 e. The van der Waals surface area contributed by atoms with Crippen molar-refractivity contribution in [3.63, 3.8) is 0 Å². The van der Waals surface area contributed by atoms with E-state index in [1.165, 1.54) is 5.01 Å². The average molecular weight is 413 g/mol. The highest BCUT2D eigenvalue weighted by atomic mass is 79.9.